The first-order chi connectivity index (χ1) is 9.08. The van der Waals surface area contributed by atoms with Crippen LogP contribution in [0.4, 0.5) is 5.69 Å². The third kappa shape index (κ3) is 3.44. The summed E-state index contributed by atoms with van der Waals surface area (Å²) in [6, 6.07) is 0. The van der Waals surface area contributed by atoms with Crippen LogP contribution in [0.1, 0.15) is 19.5 Å². The number of imidazole rings is 1. The summed E-state index contributed by atoms with van der Waals surface area (Å²) < 4.78 is 1.97. The molecule has 2 heterocycles. The highest BCUT2D eigenvalue weighted by Gasteiger charge is 2.09. The maximum Gasteiger partial charge on any atom is 0.283 e. The zero-order valence-electron chi connectivity index (χ0n) is 10.9. The number of nitrogens with one attached hydrogen (secondary N) is 2. The van der Waals surface area contributed by atoms with Crippen molar-refractivity contribution in [3.63, 3.8) is 0 Å². The quantitative estimate of drug-likeness (QED) is 0.881. The molecular formula is C12H16BrN5O. The summed E-state index contributed by atoms with van der Waals surface area (Å²) in [5, 5.41) is 7.31. The average molecular weight is 326 g/mol. The lowest BCUT2D eigenvalue weighted by molar-refractivity contribution is 0.462. The lowest BCUT2D eigenvalue weighted by atomic mass is 10.2. The van der Waals surface area contributed by atoms with Crippen molar-refractivity contribution in [1.29, 1.82) is 0 Å². The van der Waals surface area contributed by atoms with Gasteiger partial charge in [-0.15, -0.1) is 0 Å². The fourth-order valence-electron chi connectivity index (χ4n) is 1.64. The van der Waals surface area contributed by atoms with E-state index in [1.165, 1.54) is 4.68 Å². The van der Waals surface area contributed by atoms with Gasteiger partial charge in [0.25, 0.3) is 5.56 Å². The molecule has 2 aromatic heterocycles. The Hall–Kier alpha value is -1.63. The van der Waals surface area contributed by atoms with Crippen molar-refractivity contribution >= 4 is 21.6 Å². The van der Waals surface area contributed by atoms with Crippen LogP contribution in [0.25, 0.3) is 0 Å². The molecule has 0 aliphatic heterocycles. The largest absolute Gasteiger partial charge is 0.377 e. The molecule has 0 aliphatic carbocycles. The molecule has 2 rings (SSSR count). The molecule has 0 aliphatic rings. The predicted octanol–water partition coefficient (Wildman–Crippen LogP) is 2.00. The Morgan fingerprint density at radius 3 is 2.89 bits per heavy atom. The van der Waals surface area contributed by atoms with E-state index in [9.17, 15) is 4.79 Å². The van der Waals surface area contributed by atoms with E-state index >= 15 is 0 Å². The summed E-state index contributed by atoms with van der Waals surface area (Å²) in [6.07, 6.45) is 5.00. The molecule has 0 fully saturated rings. The molecule has 102 valence electrons. The van der Waals surface area contributed by atoms with Gasteiger partial charge in [-0.25, -0.2) is 9.67 Å². The fourth-order valence-corrected chi connectivity index (χ4v) is 2.08. The minimum atomic E-state index is -0.122. The highest BCUT2D eigenvalue weighted by Crippen LogP contribution is 2.17. The minimum Gasteiger partial charge on any atom is -0.377 e. The molecule has 6 nitrogen and oxygen atoms in total. The van der Waals surface area contributed by atoms with Gasteiger partial charge < -0.3 is 10.3 Å². The summed E-state index contributed by atoms with van der Waals surface area (Å²) in [5.41, 5.74) is 1.50. The summed E-state index contributed by atoms with van der Waals surface area (Å²) in [4.78, 5) is 19.0. The number of hydrogen-bond donors (Lipinski definition) is 2. The van der Waals surface area contributed by atoms with E-state index in [-0.39, 0.29) is 5.56 Å². The van der Waals surface area contributed by atoms with Crippen molar-refractivity contribution < 1.29 is 0 Å². The zero-order valence-corrected chi connectivity index (χ0v) is 12.4. The van der Waals surface area contributed by atoms with Crippen LogP contribution in [0, 0.1) is 5.92 Å². The van der Waals surface area contributed by atoms with Gasteiger partial charge in [0.15, 0.2) is 0 Å². The van der Waals surface area contributed by atoms with Gasteiger partial charge >= 0.3 is 0 Å². The van der Waals surface area contributed by atoms with Gasteiger partial charge in [-0.3, -0.25) is 4.79 Å². The SMILES string of the molecule is CC(C)Cn1ncc(NCc2cnc[nH]2)c(Br)c1=O. The lowest BCUT2D eigenvalue weighted by Crippen LogP contribution is -2.26. The van der Waals surface area contributed by atoms with E-state index in [1.807, 2.05) is 13.8 Å². The van der Waals surface area contributed by atoms with Crippen LogP contribution in [-0.4, -0.2) is 19.7 Å². The third-order valence-electron chi connectivity index (χ3n) is 2.55. The Kier molecular flexibility index (Phi) is 4.36. The normalized spacial score (nSPS) is 10.9. The Balaban J connectivity index is 2.14. The Morgan fingerprint density at radius 1 is 1.47 bits per heavy atom. The second kappa shape index (κ2) is 6.01. The minimum absolute atomic E-state index is 0.122. The molecule has 0 amide bonds. The van der Waals surface area contributed by atoms with Crippen LogP contribution in [0.2, 0.25) is 0 Å². The number of rotatable bonds is 5. The molecule has 0 bridgehead atoms. The molecule has 19 heavy (non-hydrogen) atoms. The molecule has 2 N–H and O–H groups in total. The second-order valence-corrected chi connectivity index (χ2v) is 5.48. The van der Waals surface area contributed by atoms with Crippen LogP contribution in [-0.2, 0) is 13.1 Å². The van der Waals surface area contributed by atoms with Crippen LogP contribution < -0.4 is 10.9 Å². The Morgan fingerprint density at radius 2 is 2.26 bits per heavy atom. The van der Waals surface area contributed by atoms with E-state index in [2.05, 4.69) is 36.3 Å². The van der Waals surface area contributed by atoms with Crippen molar-refractivity contribution in [1.82, 2.24) is 19.7 Å². The van der Waals surface area contributed by atoms with E-state index in [4.69, 9.17) is 0 Å². The average Bonchev–Trinajstić information content (AvgIpc) is 2.87. The van der Waals surface area contributed by atoms with Crippen LogP contribution in [0.5, 0.6) is 0 Å². The number of nitrogens with zero attached hydrogens (tertiary/aromatic N) is 3. The van der Waals surface area contributed by atoms with Crippen molar-refractivity contribution in [2.24, 2.45) is 5.92 Å². The second-order valence-electron chi connectivity index (χ2n) is 4.68. The highest BCUT2D eigenvalue weighted by molar-refractivity contribution is 9.10. The lowest BCUT2D eigenvalue weighted by Gasteiger charge is -2.11. The molecule has 2 aromatic rings. The number of hydrogen-bond acceptors (Lipinski definition) is 4. The molecular weight excluding hydrogens is 310 g/mol. The van der Waals surface area contributed by atoms with Gasteiger partial charge in [-0.1, -0.05) is 13.8 Å². The van der Waals surface area contributed by atoms with E-state index in [0.29, 0.717) is 29.2 Å². The molecule has 0 aromatic carbocycles. The van der Waals surface area contributed by atoms with Gasteiger partial charge in [0, 0.05) is 12.7 Å². The molecule has 0 saturated heterocycles. The molecule has 0 unspecified atom stereocenters. The first kappa shape index (κ1) is 13.8. The summed E-state index contributed by atoms with van der Waals surface area (Å²) in [7, 11) is 0. The summed E-state index contributed by atoms with van der Waals surface area (Å²) >= 11 is 3.32. The van der Waals surface area contributed by atoms with Crippen molar-refractivity contribution in [2.45, 2.75) is 26.9 Å². The molecule has 0 saturated carbocycles. The standard InChI is InChI=1S/C12H16BrN5O/c1-8(2)6-18-12(19)11(13)10(5-17-18)15-4-9-3-14-7-16-9/h3,5,7-8,15H,4,6H2,1-2H3,(H,14,16). The number of anilines is 1. The van der Waals surface area contributed by atoms with E-state index in [1.54, 1.807) is 18.7 Å². The highest BCUT2D eigenvalue weighted by atomic mass is 79.9. The van der Waals surface area contributed by atoms with Gasteiger partial charge in [-0.2, -0.15) is 5.10 Å². The molecule has 0 radical (unpaired) electrons. The zero-order chi connectivity index (χ0) is 13.8. The van der Waals surface area contributed by atoms with E-state index < -0.39 is 0 Å². The third-order valence-corrected chi connectivity index (χ3v) is 3.31. The Bertz CT molecular complexity index is 591. The maximum absolute atomic E-state index is 12.1. The smallest absolute Gasteiger partial charge is 0.283 e. The monoisotopic (exact) mass is 325 g/mol. The Labute approximate surface area is 119 Å². The number of H-pyrrole nitrogens is 1. The topological polar surface area (TPSA) is 75.6 Å². The van der Waals surface area contributed by atoms with Crippen molar-refractivity contribution in [3.8, 4) is 0 Å². The number of halogens is 1. The van der Waals surface area contributed by atoms with Gasteiger partial charge in [0.2, 0.25) is 0 Å². The maximum atomic E-state index is 12.1. The summed E-state index contributed by atoms with van der Waals surface area (Å²) in [6.45, 7) is 5.27. The van der Waals surface area contributed by atoms with E-state index in [0.717, 1.165) is 5.69 Å². The number of aromatic nitrogens is 4. The van der Waals surface area contributed by atoms with Crippen LogP contribution in [0.3, 0.4) is 0 Å². The first-order valence-corrected chi connectivity index (χ1v) is 6.84. The first-order valence-electron chi connectivity index (χ1n) is 6.04. The predicted molar refractivity (Wildman–Crippen MR) is 76.9 cm³/mol. The number of aromatic amines is 1. The van der Waals surface area contributed by atoms with Crippen molar-refractivity contribution in [3.05, 3.63) is 39.2 Å². The van der Waals surface area contributed by atoms with Gasteiger partial charge in [0.05, 0.1) is 30.5 Å². The van der Waals surface area contributed by atoms with Crippen LogP contribution in [0.15, 0.2) is 28.0 Å². The molecule has 0 atom stereocenters. The van der Waals surface area contributed by atoms with Crippen molar-refractivity contribution in [2.75, 3.05) is 5.32 Å². The van der Waals surface area contributed by atoms with Gasteiger partial charge in [0.1, 0.15) is 4.47 Å². The summed E-state index contributed by atoms with van der Waals surface area (Å²) in [5.74, 6) is 0.376. The fraction of sp³-hybridized carbons (Fsp3) is 0.417. The molecule has 0 spiro atoms. The molecule has 7 heteroatoms. The van der Waals surface area contributed by atoms with Crippen LogP contribution >= 0.6 is 15.9 Å². The van der Waals surface area contributed by atoms with Gasteiger partial charge in [-0.05, 0) is 21.8 Å².